The predicted molar refractivity (Wildman–Crippen MR) is 58.6 cm³/mol. The van der Waals surface area contributed by atoms with E-state index in [-0.39, 0.29) is 0 Å². The summed E-state index contributed by atoms with van der Waals surface area (Å²) in [5, 5.41) is 10.8. The fourth-order valence-electron chi connectivity index (χ4n) is 1.56. The first kappa shape index (κ1) is 10.1. The summed E-state index contributed by atoms with van der Waals surface area (Å²) in [4.78, 5) is 4.21. The van der Waals surface area contributed by atoms with E-state index in [1.165, 1.54) is 0 Å². The summed E-state index contributed by atoms with van der Waals surface area (Å²) in [6.07, 6.45) is 1.19. The fraction of sp³-hybridized carbons (Fsp3) is 0.250. The van der Waals surface area contributed by atoms with Crippen LogP contribution in [0.15, 0.2) is 36.5 Å². The Kier molecular flexibility index (Phi) is 2.94. The van der Waals surface area contributed by atoms with E-state index in [9.17, 15) is 5.11 Å². The molecule has 2 rings (SSSR count). The Bertz CT molecular complexity index is 456. The lowest BCUT2D eigenvalue weighted by molar-refractivity contribution is 0.0645. The number of hydrogen-bond acceptors (Lipinski definition) is 3. The third kappa shape index (κ3) is 2.14. The topological polar surface area (TPSA) is 42.4 Å². The largest absolute Gasteiger partial charge is 0.386 e. The summed E-state index contributed by atoms with van der Waals surface area (Å²) in [6.45, 7) is 0.311. The van der Waals surface area contributed by atoms with Gasteiger partial charge in [0.25, 0.3) is 0 Å². The van der Waals surface area contributed by atoms with Crippen LogP contribution in [0.2, 0.25) is 0 Å². The van der Waals surface area contributed by atoms with Crippen LogP contribution in [0.4, 0.5) is 0 Å². The van der Waals surface area contributed by atoms with Crippen LogP contribution in [-0.2, 0) is 4.74 Å². The van der Waals surface area contributed by atoms with Gasteiger partial charge in [0.15, 0.2) is 0 Å². The molecule has 3 nitrogen and oxygen atoms in total. The summed E-state index contributed by atoms with van der Waals surface area (Å²) in [5.74, 6) is 0. The molecule has 0 amide bonds. The number of fused-ring (bicyclic) bond motifs is 1. The van der Waals surface area contributed by atoms with Crippen LogP contribution >= 0.6 is 0 Å². The molecule has 0 saturated heterocycles. The molecule has 1 aromatic heterocycles. The van der Waals surface area contributed by atoms with Gasteiger partial charge in [-0.1, -0.05) is 12.1 Å². The van der Waals surface area contributed by atoms with Crippen LogP contribution in [0, 0.1) is 0 Å². The molecular formula is C12H13NO2. The Morgan fingerprint density at radius 2 is 2.27 bits per heavy atom. The number of aliphatic hydroxyl groups is 1. The molecule has 0 bridgehead atoms. The van der Waals surface area contributed by atoms with Crippen molar-refractivity contribution in [3.05, 3.63) is 42.1 Å². The number of rotatable bonds is 3. The average Bonchev–Trinajstić information content (AvgIpc) is 2.29. The van der Waals surface area contributed by atoms with Crippen LogP contribution in [0.25, 0.3) is 10.9 Å². The van der Waals surface area contributed by atoms with Crippen molar-refractivity contribution in [2.45, 2.75) is 6.10 Å². The van der Waals surface area contributed by atoms with Crippen molar-refractivity contribution in [2.24, 2.45) is 0 Å². The van der Waals surface area contributed by atoms with E-state index < -0.39 is 6.10 Å². The van der Waals surface area contributed by atoms with Gasteiger partial charge < -0.3 is 9.84 Å². The first-order valence-corrected chi connectivity index (χ1v) is 4.83. The molecule has 2 aromatic rings. The van der Waals surface area contributed by atoms with Gasteiger partial charge in [0, 0.05) is 18.7 Å². The molecule has 1 heterocycles. The maximum Gasteiger partial charge on any atom is 0.102 e. The van der Waals surface area contributed by atoms with Crippen LogP contribution in [0.3, 0.4) is 0 Å². The molecule has 1 unspecified atom stereocenters. The van der Waals surface area contributed by atoms with Crippen LogP contribution in [0.5, 0.6) is 0 Å². The average molecular weight is 203 g/mol. The molecule has 1 atom stereocenters. The number of aliphatic hydroxyl groups excluding tert-OH is 1. The first-order valence-electron chi connectivity index (χ1n) is 4.83. The van der Waals surface area contributed by atoms with Gasteiger partial charge in [0.2, 0.25) is 0 Å². The van der Waals surface area contributed by atoms with Crippen molar-refractivity contribution in [1.82, 2.24) is 4.98 Å². The molecule has 1 N–H and O–H groups in total. The highest BCUT2D eigenvalue weighted by Gasteiger charge is 2.07. The fourth-order valence-corrected chi connectivity index (χ4v) is 1.56. The first-order chi connectivity index (χ1) is 7.31. The zero-order valence-corrected chi connectivity index (χ0v) is 8.55. The summed E-state index contributed by atoms with van der Waals surface area (Å²) in [6, 6.07) is 9.58. The summed E-state index contributed by atoms with van der Waals surface area (Å²) in [5.41, 5.74) is 1.79. The standard InChI is InChI=1S/C12H13NO2/c1-15-8-12(14)10-4-5-11-9(7-10)3-2-6-13-11/h2-7,12,14H,8H2,1H3. The van der Waals surface area contributed by atoms with Gasteiger partial charge in [-0.05, 0) is 23.8 Å². The molecular weight excluding hydrogens is 190 g/mol. The van der Waals surface area contributed by atoms with Crippen molar-refractivity contribution in [2.75, 3.05) is 13.7 Å². The molecule has 1 aromatic carbocycles. The van der Waals surface area contributed by atoms with E-state index in [2.05, 4.69) is 4.98 Å². The van der Waals surface area contributed by atoms with Crippen molar-refractivity contribution < 1.29 is 9.84 Å². The van der Waals surface area contributed by atoms with Crippen molar-refractivity contribution >= 4 is 10.9 Å². The number of nitrogens with zero attached hydrogens (tertiary/aromatic N) is 1. The maximum atomic E-state index is 9.73. The minimum absolute atomic E-state index is 0.311. The lowest BCUT2D eigenvalue weighted by Crippen LogP contribution is -2.04. The Hall–Kier alpha value is -1.45. The third-order valence-corrected chi connectivity index (χ3v) is 2.34. The second-order valence-electron chi connectivity index (χ2n) is 3.43. The minimum atomic E-state index is -0.570. The highest BCUT2D eigenvalue weighted by atomic mass is 16.5. The number of benzene rings is 1. The van der Waals surface area contributed by atoms with E-state index in [0.717, 1.165) is 16.5 Å². The summed E-state index contributed by atoms with van der Waals surface area (Å²) in [7, 11) is 1.58. The molecule has 15 heavy (non-hydrogen) atoms. The highest BCUT2D eigenvalue weighted by molar-refractivity contribution is 5.78. The molecule has 0 spiro atoms. The van der Waals surface area contributed by atoms with Crippen LogP contribution in [-0.4, -0.2) is 23.8 Å². The summed E-state index contributed by atoms with van der Waals surface area (Å²) < 4.78 is 4.90. The lowest BCUT2D eigenvalue weighted by Gasteiger charge is -2.10. The molecule has 0 saturated carbocycles. The van der Waals surface area contributed by atoms with Gasteiger partial charge in [0.05, 0.1) is 12.1 Å². The number of ether oxygens (including phenoxy) is 1. The highest BCUT2D eigenvalue weighted by Crippen LogP contribution is 2.18. The van der Waals surface area contributed by atoms with Crippen molar-refractivity contribution in [3.63, 3.8) is 0 Å². The van der Waals surface area contributed by atoms with Gasteiger partial charge in [-0.2, -0.15) is 0 Å². The zero-order valence-electron chi connectivity index (χ0n) is 8.55. The molecule has 0 aliphatic carbocycles. The lowest BCUT2D eigenvalue weighted by atomic mass is 10.1. The van der Waals surface area contributed by atoms with Crippen molar-refractivity contribution in [1.29, 1.82) is 0 Å². The molecule has 0 aliphatic rings. The van der Waals surface area contributed by atoms with Gasteiger partial charge >= 0.3 is 0 Å². The third-order valence-electron chi connectivity index (χ3n) is 2.34. The quantitative estimate of drug-likeness (QED) is 0.828. The number of pyridine rings is 1. The SMILES string of the molecule is COCC(O)c1ccc2ncccc2c1. The molecule has 0 fully saturated rings. The maximum absolute atomic E-state index is 9.73. The van der Waals surface area contributed by atoms with E-state index in [1.807, 2.05) is 30.3 Å². The Morgan fingerprint density at radius 1 is 1.40 bits per heavy atom. The monoisotopic (exact) mass is 203 g/mol. The van der Waals surface area contributed by atoms with Gasteiger partial charge in [-0.3, -0.25) is 4.98 Å². The minimum Gasteiger partial charge on any atom is -0.386 e. The second-order valence-corrected chi connectivity index (χ2v) is 3.43. The predicted octanol–water partition coefficient (Wildman–Crippen LogP) is 1.91. The molecule has 78 valence electrons. The normalized spacial score (nSPS) is 12.9. The Balaban J connectivity index is 2.38. The van der Waals surface area contributed by atoms with Crippen molar-refractivity contribution in [3.8, 4) is 0 Å². The van der Waals surface area contributed by atoms with Gasteiger partial charge in [-0.15, -0.1) is 0 Å². The van der Waals surface area contributed by atoms with E-state index >= 15 is 0 Å². The Morgan fingerprint density at radius 3 is 3.07 bits per heavy atom. The van der Waals surface area contributed by atoms with Gasteiger partial charge in [0.1, 0.15) is 6.10 Å². The van der Waals surface area contributed by atoms with E-state index in [1.54, 1.807) is 13.3 Å². The molecule has 3 heteroatoms. The number of hydrogen-bond donors (Lipinski definition) is 1. The van der Waals surface area contributed by atoms with Crippen LogP contribution in [0.1, 0.15) is 11.7 Å². The van der Waals surface area contributed by atoms with Crippen LogP contribution < -0.4 is 0 Å². The van der Waals surface area contributed by atoms with E-state index in [0.29, 0.717) is 6.61 Å². The van der Waals surface area contributed by atoms with Gasteiger partial charge in [-0.25, -0.2) is 0 Å². The molecule has 0 aliphatic heterocycles. The molecule has 0 radical (unpaired) electrons. The summed E-state index contributed by atoms with van der Waals surface area (Å²) >= 11 is 0. The number of aromatic nitrogens is 1. The van der Waals surface area contributed by atoms with E-state index in [4.69, 9.17) is 4.74 Å². The number of methoxy groups -OCH3 is 1. The second kappa shape index (κ2) is 4.38. The Labute approximate surface area is 88.3 Å². The smallest absolute Gasteiger partial charge is 0.102 e. The zero-order chi connectivity index (χ0) is 10.7.